The van der Waals surface area contributed by atoms with Gasteiger partial charge in [-0.15, -0.1) is 0 Å². The Kier molecular flexibility index (Phi) is 5.55. The third-order valence-electron chi connectivity index (χ3n) is 2.09. The molecule has 6 heteroatoms. The molecule has 1 aromatic rings. The average molecular weight is 366 g/mol. The Morgan fingerprint density at radius 1 is 1.53 bits per heavy atom. The molecule has 0 aromatic carbocycles. The van der Waals surface area contributed by atoms with E-state index in [1.54, 1.807) is 12.3 Å². The second-order valence-electron chi connectivity index (χ2n) is 4.09. The van der Waals surface area contributed by atoms with E-state index >= 15 is 0 Å². The van der Waals surface area contributed by atoms with E-state index in [-0.39, 0.29) is 0 Å². The second kappa shape index (κ2) is 6.47. The Hall–Kier alpha value is -0.460. The van der Waals surface area contributed by atoms with Gasteiger partial charge in [0.15, 0.2) is 0 Å². The van der Waals surface area contributed by atoms with Crippen molar-refractivity contribution in [1.29, 1.82) is 0 Å². The zero-order valence-corrected chi connectivity index (χ0v) is 12.7. The minimum absolute atomic E-state index is 0.381. The Bertz CT molecular complexity index is 410. The first-order chi connectivity index (χ1) is 7.91. The number of carboxylic acid groups (broad SMARTS) is 1. The van der Waals surface area contributed by atoms with Gasteiger partial charge in [0.1, 0.15) is 6.04 Å². The topological polar surface area (TPSA) is 62.2 Å². The van der Waals surface area contributed by atoms with Crippen LogP contribution < -0.4 is 5.32 Å². The molecule has 0 aliphatic carbocycles. The molecule has 2 N–H and O–H groups in total. The van der Waals surface area contributed by atoms with Gasteiger partial charge in [-0.05, 0) is 50.4 Å². The number of hydrogen-bond donors (Lipinski definition) is 2. The predicted octanol–water partition coefficient (Wildman–Crippen LogP) is 2.98. The van der Waals surface area contributed by atoms with Gasteiger partial charge >= 0.3 is 5.97 Å². The predicted molar refractivity (Wildman–Crippen MR) is 72.9 cm³/mol. The van der Waals surface area contributed by atoms with Crippen LogP contribution in [0.5, 0.6) is 0 Å². The molecule has 1 heterocycles. The highest BCUT2D eigenvalue weighted by molar-refractivity contribution is 9.11. The molecule has 94 valence electrons. The fourth-order valence-electron chi connectivity index (χ4n) is 1.29. The van der Waals surface area contributed by atoms with Crippen LogP contribution in [0.3, 0.4) is 0 Å². The summed E-state index contributed by atoms with van der Waals surface area (Å²) in [4.78, 5) is 15.4. The number of aliphatic carboxylic acids is 1. The van der Waals surface area contributed by atoms with Crippen molar-refractivity contribution in [1.82, 2.24) is 10.3 Å². The number of nitrogens with zero attached hydrogens (tertiary/aromatic N) is 1. The van der Waals surface area contributed by atoms with Crippen LogP contribution in [0.2, 0.25) is 0 Å². The van der Waals surface area contributed by atoms with Gasteiger partial charge in [-0.1, -0.05) is 13.8 Å². The van der Waals surface area contributed by atoms with Gasteiger partial charge in [-0.25, -0.2) is 0 Å². The highest BCUT2D eigenvalue weighted by atomic mass is 79.9. The molecule has 1 rings (SSSR count). The first-order valence-electron chi connectivity index (χ1n) is 5.19. The molecule has 0 saturated carbocycles. The highest BCUT2D eigenvalue weighted by Crippen LogP contribution is 2.24. The molecule has 0 fully saturated rings. The Balaban J connectivity index is 2.93. The number of nitrogens with one attached hydrogen (secondary N) is 1. The highest BCUT2D eigenvalue weighted by Gasteiger charge is 2.23. The summed E-state index contributed by atoms with van der Waals surface area (Å²) >= 11 is 6.61. The lowest BCUT2D eigenvalue weighted by Crippen LogP contribution is -2.32. The number of halogens is 2. The maximum Gasteiger partial charge on any atom is 0.327 e. The number of aromatic nitrogens is 1. The van der Waals surface area contributed by atoms with E-state index in [0.717, 1.165) is 4.47 Å². The third-order valence-corrected chi connectivity index (χ3v) is 3.16. The standard InChI is InChI=1S/C11H14Br2N2O2/c1-6(2)4-14-10(11(16)17)9-8(13)3-7(12)5-15-9/h3,5-6,10,14H,4H2,1-2H3,(H,16,17). The summed E-state index contributed by atoms with van der Waals surface area (Å²) in [6.45, 7) is 4.67. The molecule has 1 atom stereocenters. The maximum atomic E-state index is 11.2. The van der Waals surface area contributed by atoms with Gasteiger partial charge < -0.3 is 5.11 Å². The van der Waals surface area contributed by atoms with Gasteiger partial charge in [0.2, 0.25) is 0 Å². The number of pyridine rings is 1. The molecule has 0 aliphatic heterocycles. The maximum absolute atomic E-state index is 11.2. The van der Waals surface area contributed by atoms with Crippen LogP contribution >= 0.6 is 31.9 Å². The summed E-state index contributed by atoms with van der Waals surface area (Å²) < 4.78 is 1.48. The largest absolute Gasteiger partial charge is 0.480 e. The van der Waals surface area contributed by atoms with Crippen LogP contribution in [0.15, 0.2) is 21.2 Å². The van der Waals surface area contributed by atoms with Gasteiger partial charge in [0, 0.05) is 15.1 Å². The monoisotopic (exact) mass is 364 g/mol. The van der Waals surface area contributed by atoms with Crippen molar-refractivity contribution in [3.63, 3.8) is 0 Å². The van der Waals surface area contributed by atoms with E-state index in [1.165, 1.54) is 0 Å². The van der Waals surface area contributed by atoms with Crippen molar-refractivity contribution < 1.29 is 9.90 Å². The van der Waals surface area contributed by atoms with Gasteiger partial charge in [-0.2, -0.15) is 0 Å². The fourth-order valence-corrected chi connectivity index (χ4v) is 2.51. The summed E-state index contributed by atoms with van der Waals surface area (Å²) in [6, 6.07) is 0.995. The van der Waals surface area contributed by atoms with Crippen molar-refractivity contribution in [2.75, 3.05) is 6.54 Å². The fraction of sp³-hybridized carbons (Fsp3) is 0.455. The molecule has 1 aromatic heterocycles. The van der Waals surface area contributed by atoms with E-state index < -0.39 is 12.0 Å². The summed E-state index contributed by atoms with van der Waals surface area (Å²) in [5.74, 6) is -0.549. The van der Waals surface area contributed by atoms with Gasteiger partial charge in [0.05, 0.1) is 5.69 Å². The lowest BCUT2D eigenvalue weighted by Gasteiger charge is -2.16. The zero-order valence-electron chi connectivity index (χ0n) is 9.58. The molecule has 1 unspecified atom stereocenters. The Morgan fingerprint density at radius 2 is 2.18 bits per heavy atom. The molecule has 0 aliphatic rings. The lowest BCUT2D eigenvalue weighted by atomic mass is 10.1. The molecule has 0 bridgehead atoms. The van der Waals surface area contributed by atoms with Crippen molar-refractivity contribution in [2.24, 2.45) is 5.92 Å². The summed E-state index contributed by atoms with van der Waals surface area (Å²) in [5.41, 5.74) is 0.487. The van der Waals surface area contributed by atoms with Crippen LogP contribution in [-0.2, 0) is 4.79 Å². The van der Waals surface area contributed by atoms with Crippen LogP contribution in [0.4, 0.5) is 0 Å². The number of hydrogen-bond acceptors (Lipinski definition) is 3. The zero-order chi connectivity index (χ0) is 13.0. The molecule has 0 amide bonds. The smallest absolute Gasteiger partial charge is 0.327 e. The number of carboxylic acids is 1. The lowest BCUT2D eigenvalue weighted by molar-refractivity contribution is -0.139. The normalized spacial score (nSPS) is 12.8. The summed E-state index contributed by atoms with van der Waals surface area (Å²) in [7, 11) is 0. The average Bonchev–Trinajstić information content (AvgIpc) is 2.20. The van der Waals surface area contributed by atoms with E-state index in [0.29, 0.717) is 22.6 Å². The Morgan fingerprint density at radius 3 is 2.65 bits per heavy atom. The van der Waals surface area contributed by atoms with Gasteiger partial charge in [-0.3, -0.25) is 15.1 Å². The van der Waals surface area contributed by atoms with Crippen LogP contribution in [-0.4, -0.2) is 22.6 Å². The first-order valence-corrected chi connectivity index (χ1v) is 6.77. The minimum atomic E-state index is -0.929. The van der Waals surface area contributed by atoms with Crippen molar-refractivity contribution in [3.8, 4) is 0 Å². The van der Waals surface area contributed by atoms with E-state index in [2.05, 4.69) is 42.2 Å². The second-order valence-corrected chi connectivity index (χ2v) is 5.86. The molecule has 0 radical (unpaired) electrons. The molecular weight excluding hydrogens is 352 g/mol. The summed E-state index contributed by atoms with van der Waals surface area (Å²) in [6.07, 6.45) is 1.59. The van der Waals surface area contributed by atoms with E-state index in [1.807, 2.05) is 13.8 Å². The quantitative estimate of drug-likeness (QED) is 0.841. The van der Waals surface area contributed by atoms with Gasteiger partial charge in [0.25, 0.3) is 0 Å². The van der Waals surface area contributed by atoms with E-state index in [4.69, 9.17) is 0 Å². The third kappa shape index (κ3) is 4.37. The molecule has 0 spiro atoms. The molecule has 17 heavy (non-hydrogen) atoms. The van der Waals surface area contributed by atoms with Crippen LogP contribution in [0.25, 0.3) is 0 Å². The van der Waals surface area contributed by atoms with Crippen molar-refractivity contribution >= 4 is 37.8 Å². The number of carbonyl (C=O) groups is 1. The van der Waals surface area contributed by atoms with Crippen LogP contribution in [0, 0.1) is 5.92 Å². The van der Waals surface area contributed by atoms with E-state index in [9.17, 15) is 9.90 Å². The minimum Gasteiger partial charge on any atom is -0.480 e. The Labute approximate surface area is 117 Å². The van der Waals surface area contributed by atoms with Crippen LogP contribution in [0.1, 0.15) is 25.6 Å². The molecular formula is C11H14Br2N2O2. The van der Waals surface area contributed by atoms with Crippen molar-refractivity contribution in [2.45, 2.75) is 19.9 Å². The molecule has 0 saturated heterocycles. The molecule has 4 nitrogen and oxygen atoms in total. The van der Waals surface area contributed by atoms with Crippen molar-refractivity contribution in [3.05, 3.63) is 26.9 Å². The SMILES string of the molecule is CC(C)CNC(C(=O)O)c1ncc(Br)cc1Br. The first kappa shape index (κ1) is 14.6. The number of rotatable bonds is 5. The summed E-state index contributed by atoms with van der Waals surface area (Å²) in [5, 5.41) is 12.2.